The van der Waals surface area contributed by atoms with Gasteiger partial charge in [0.1, 0.15) is 0 Å². The van der Waals surface area contributed by atoms with Crippen LogP contribution >= 0.6 is 11.6 Å². The maximum atomic E-state index is 11.8. The lowest BCUT2D eigenvalue weighted by Crippen LogP contribution is -2.25. The van der Waals surface area contributed by atoms with Crippen LogP contribution in [0, 0.1) is 5.92 Å². The molecule has 4 nitrogen and oxygen atoms in total. The molecule has 1 heterocycles. The largest absolute Gasteiger partial charge is 0.396 e. The minimum Gasteiger partial charge on any atom is -0.396 e. The molecule has 1 amide bonds. The molecule has 0 bridgehead atoms. The Kier molecular flexibility index (Phi) is 3.68. The van der Waals surface area contributed by atoms with Crippen LogP contribution < -0.4 is 4.90 Å². The summed E-state index contributed by atoms with van der Waals surface area (Å²) in [6.45, 7) is 1.89. The van der Waals surface area contributed by atoms with Crippen molar-refractivity contribution in [3.8, 4) is 0 Å². The summed E-state index contributed by atoms with van der Waals surface area (Å²) in [7, 11) is 0. The number of aliphatic hydroxyl groups excluding tert-OH is 1. The summed E-state index contributed by atoms with van der Waals surface area (Å²) in [5, 5.41) is 9.53. The first-order chi connectivity index (χ1) is 8.52. The standard InChI is InChI=1S/C13H14ClNO3/c1-8(17)10-2-3-11(14)12(5-10)15-6-9(7-16)4-13(15)18/h2-3,5,9,16H,4,6-7H2,1H3. The zero-order chi connectivity index (χ0) is 13.3. The van der Waals surface area contributed by atoms with Crippen LogP contribution in [0.4, 0.5) is 5.69 Å². The Morgan fingerprint density at radius 1 is 1.56 bits per heavy atom. The molecule has 1 aromatic carbocycles. The van der Waals surface area contributed by atoms with Gasteiger partial charge in [-0.1, -0.05) is 11.6 Å². The van der Waals surface area contributed by atoms with Crippen LogP contribution in [0.15, 0.2) is 18.2 Å². The van der Waals surface area contributed by atoms with Crippen molar-refractivity contribution in [1.82, 2.24) is 0 Å². The lowest BCUT2D eigenvalue weighted by Gasteiger charge is -2.18. The van der Waals surface area contributed by atoms with Crippen LogP contribution in [0.5, 0.6) is 0 Å². The highest BCUT2D eigenvalue weighted by atomic mass is 35.5. The number of anilines is 1. The molecule has 96 valence electrons. The number of halogens is 1. The number of benzene rings is 1. The van der Waals surface area contributed by atoms with E-state index in [1.165, 1.54) is 11.8 Å². The van der Waals surface area contributed by atoms with Crippen molar-refractivity contribution in [2.75, 3.05) is 18.1 Å². The highest BCUT2D eigenvalue weighted by molar-refractivity contribution is 6.34. The normalized spacial score (nSPS) is 19.4. The number of nitrogens with zero attached hydrogens (tertiary/aromatic N) is 1. The summed E-state index contributed by atoms with van der Waals surface area (Å²) in [6.07, 6.45) is 0.317. The monoisotopic (exact) mass is 267 g/mol. The number of Topliss-reactive ketones (excluding diaryl/α,β-unsaturated/α-hetero) is 1. The van der Waals surface area contributed by atoms with Crippen molar-refractivity contribution < 1.29 is 14.7 Å². The van der Waals surface area contributed by atoms with E-state index >= 15 is 0 Å². The number of amides is 1. The molecular formula is C13H14ClNO3. The van der Waals surface area contributed by atoms with Gasteiger partial charge in [-0.15, -0.1) is 0 Å². The predicted octanol–water partition coefficient (Wildman–Crippen LogP) is 1.89. The summed E-state index contributed by atoms with van der Waals surface area (Å²) >= 11 is 6.07. The molecule has 0 radical (unpaired) electrons. The van der Waals surface area contributed by atoms with Gasteiger partial charge in [-0.05, 0) is 25.1 Å². The lowest BCUT2D eigenvalue weighted by molar-refractivity contribution is -0.117. The number of hydrogen-bond acceptors (Lipinski definition) is 3. The quantitative estimate of drug-likeness (QED) is 0.851. The van der Waals surface area contributed by atoms with Crippen LogP contribution in [-0.2, 0) is 4.79 Å². The van der Waals surface area contributed by atoms with Crippen molar-refractivity contribution in [3.63, 3.8) is 0 Å². The van der Waals surface area contributed by atoms with E-state index in [1.807, 2.05) is 0 Å². The highest BCUT2D eigenvalue weighted by Gasteiger charge is 2.31. The SMILES string of the molecule is CC(=O)c1ccc(Cl)c(N2CC(CO)CC2=O)c1. The Morgan fingerprint density at radius 3 is 2.83 bits per heavy atom. The van der Waals surface area contributed by atoms with Gasteiger partial charge in [-0.25, -0.2) is 0 Å². The molecule has 0 aliphatic carbocycles. The van der Waals surface area contributed by atoms with E-state index < -0.39 is 0 Å². The van der Waals surface area contributed by atoms with Crippen LogP contribution in [0.25, 0.3) is 0 Å². The fourth-order valence-corrected chi connectivity index (χ4v) is 2.29. The van der Waals surface area contributed by atoms with Crippen LogP contribution in [-0.4, -0.2) is 29.9 Å². The second-order valence-corrected chi connectivity index (χ2v) is 4.89. The average Bonchev–Trinajstić information content (AvgIpc) is 2.71. The van der Waals surface area contributed by atoms with E-state index in [4.69, 9.17) is 16.7 Å². The molecule has 1 fully saturated rings. The topological polar surface area (TPSA) is 57.6 Å². The molecule has 1 atom stereocenters. The van der Waals surface area contributed by atoms with Crippen LogP contribution in [0.2, 0.25) is 5.02 Å². The van der Waals surface area contributed by atoms with E-state index in [2.05, 4.69) is 0 Å². The van der Waals surface area contributed by atoms with Crippen molar-refractivity contribution in [2.24, 2.45) is 5.92 Å². The van der Waals surface area contributed by atoms with Gasteiger partial charge in [0.05, 0.1) is 10.7 Å². The van der Waals surface area contributed by atoms with Gasteiger partial charge in [-0.2, -0.15) is 0 Å². The summed E-state index contributed by atoms with van der Waals surface area (Å²) < 4.78 is 0. The van der Waals surface area contributed by atoms with Crippen LogP contribution in [0.3, 0.4) is 0 Å². The van der Waals surface area contributed by atoms with E-state index in [-0.39, 0.29) is 24.2 Å². The first kappa shape index (κ1) is 13.1. The summed E-state index contributed by atoms with van der Waals surface area (Å²) in [5.74, 6) is -0.204. The van der Waals surface area contributed by atoms with E-state index in [0.29, 0.717) is 29.2 Å². The van der Waals surface area contributed by atoms with Crippen molar-refractivity contribution in [1.29, 1.82) is 0 Å². The molecule has 5 heteroatoms. The first-order valence-corrected chi connectivity index (χ1v) is 6.12. The smallest absolute Gasteiger partial charge is 0.227 e. The Bertz CT molecular complexity index is 501. The Balaban J connectivity index is 2.35. The van der Waals surface area contributed by atoms with E-state index in [1.54, 1.807) is 18.2 Å². The van der Waals surface area contributed by atoms with E-state index in [9.17, 15) is 9.59 Å². The molecule has 0 spiro atoms. The molecule has 1 aromatic rings. The molecule has 0 aromatic heterocycles. The summed E-state index contributed by atoms with van der Waals surface area (Å²) in [4.78, 5) is 24.7. The van der Waals surface area contributed by atoms with Crippen molar-refractivity contribution in [3.05, 3.63) is 28.8 Å². The van der Waals surface area contributed by atoms with E-state index in [0.717, 1.165) is 0 Å². The Morgan fingerprint density at radius 2 is 2.28 bits per heavy atom. The van der Waals surface area contributed by atoms with Gasteiger partial charge < -0.3 is 10.0 Å². The van der Waals surface area contributed by atoms with Crippen molar-refractivity contribution >= 4 is 29.0 Å². The van der Waals surface area contributed by atoms with Gasteiger partial charge in [-0.3, -0.25) is 9.59 Å². The number of carbonyl (C=O) groups excluding carboxylic acids is 2. The number of hydrogen-bond donors (Lipinski definition) is 1. The third kappa shape index (κ3) is 2.40. The van der Waals surface area contributed by atoms with Crippen LogP contribution in [0.1, 0.15) is 23.7 Å². The Labute approximate surface area is 110 Å². The zero-order valence-corrected chi connectivity index (χ0v) is 10.8. The summed E-state index contributed by atoms with van der Waals surface area (Å²) in [5.41, 5.74) is 1.07. The average molecular weight is 268 g/mol. The minimum atomic E-state index is -0.0725. The van der Waals surface area contributed by atoms with Gasteiger partial charge in [0.25, 0.3) is 0 Å². The molecule has 2 rings (SSSR count). The predicted molar refractivity (Wildman–Crippen MR) is 69.0 cm³/mol. The molecule has 1 aliphatic rings. The highest BCUT2D eigenvalue weighted by Crippen LogP contribution is 2.32. The number of aliphatic hydroxyl groups is 1. The maximum Gasteiger partial charge on any atom is 0.227 e. The molecule has 0 saturated carbocycles. The lowest BCUT2D eigenvalue weighted by atomic mass is 10.1. The third-order valence-corrected chi connectivity index (χ3v) is 3.43. The van der Waals surface area contributed by atoms with Gasteiger partial charge in [0.15, 0.2) is 5.78 Å². The maximum absolute atomic E-state index is 11.8. The first-order valence-electron chi connectivity index (χ1n) is 5.74. The number of ketones is 1. The molecule has 1 unspecified atom stereocenters. The minimum absolute atomic E-state index is 0.0216. The fourth-order valence-electron chi connectivity index (χ4n) is 2.08. The van der Waals surface area contributed by atoms with Gasteiger partial charge in [0.2, 0.25) is 5.91 Å². The Hall–Kier alpha value is -1.39. The summed E-state index contributed by atoms with van der Waals surface area (Å²) in [6, 6.07) is 4.88. The number of carbonyl (C=O) groups is 2. The van der Waals surface area contributed by atoms with Gasteiger partial charge >= 0.3 is 0 Å². The number of rotatable bonds is 3. The fraction of sp³-hybridized carbons (Fsp3) is 0.385. The molecule has 18 heavy (non-hydrogen) atoms. The van der Waals surface area contributed by atoms with Gasteiger partial charge in [0, 0.05) is 31.1 Å². The molecule has 1 saturated heterocycles. The third-order valence-electron chi connectivity index (χ3n) is 3.11. The second-order valence-electron chi connectivity index (χ2n) is 4.48. The molecule has 1 N–H and O–H groups in total. The second kappa shape index (κ2) is 5.08. The molecule has 1 aliphatic heterocycles. The van der Waals surface area contributed by atoms with Crippen molar-refractivity contribution in [2.45, 2.75) is 13.3 Å². The zero-order valence-electron chi connectivity index (χ0n) is 10.0. The molecular weight excluding hydrogens is 254 g/mol.